The van der Waals surface area contributed by atoms with Crippen LogP contribution in [0.1, 0.15) is 26.7 Å². The molecule has 0 bridgehead atoms. The van der Waals surface area contributed by atoms with Crippen molar-refractivity contribution in [3.63, 3.8) is 0 Å². The average molecular weight is 153 g/mol. The van der Waals surface area contributed by atoms with Crippen LogP contribution in [-0.2, 0) is 4.79 Å². The molecule has 2 heteroatoms. The highest BCUT2D eigenvalue weighted by atomic mass is 16.2. The number of nitrogens with one attached hydrogen (secondary N) is 1. The molecule has 11 heavy (non-hydrogen) atoms. The van der Waals surface area contributed by atoms with Crippen LogP contribution in [-0.4, -0.2) is 11.4 Å². The fraction of sp³-hybridized carbons (Fsp3) is 0.667. The molecule has 0 spiro atoms. The van der Waals surface area contributed by atoms with Crippen molar-refractivity contribution < 1.29 is 4.79 Å². The molecule has 1 aliphatic carbocycles. The van der Waals surface area contributed by atoms with Crippen molar-refractivity contribution in [2.75, 3.05) is 0 Å². The Kier molecular flexibility index (Phi) is 2.03. The lowest BCUT2D eigenvalue weighted by Crippen LogP contribution is -2.37. The molecule has 0 atom stereocenters. The van der Waals surface area contributed by atoms with E-state index in [1.807, 2.05) is 19.9 Å². The monoisotopic (exact) mass is 153 g/mol. The van der Waals surface area contributed by atoms with Crippen LogP contribution in [0.25, 0.3) is 0 Å². The van der Waals surface area contributed by atoms with E-state index in [1.54, 1.807) is 0 Å². The second-order valence-corrected chi connectivity index (χ2v) is 3.50. The molecule has 0 unspecified atom stereocenters. The first-order valence-electron chi connectivity index (χ1n) is 4.05. The maximum Gasteiger partial charge on any atom is 0.223 e. The van der Waals surface area contributed by atoms with Gasteiger partial charge in [0.15, 0.2) is 0 Å². The highest BCUT2D eigenvalue weighted by molar-refractivity contribution is 5.79. The molecule has 0 aromatic carbocycles. The molecule has 1 rings (SSSR count). The normalized spacial score (nSPS) is 19.5. The molecule has 1 saturated carbocycles. The number of rotatable bonds is 3. The zero-order chi connectivity index (χ0) is 8.48. The number of hydrogen-bond acceptors (Lipinski definition) is 1. The largest absolute Gasteiger partial charge is 0.347 e. The smallest absolute Gasteiger partial charge is 0.223 e. The summed E-state index contributed by atoms with van der Waals surface area (Å²) in [4.78, 5) is 11.2. The third-order valence-electron chi connectivity index (χ3n) is 2.08. The molecule has 1 amide bonds. The Morgan fingerprint density at radius 3 is 2.45 bits per heavy atom. The van der Waals surface area contributed by atoms with Gasteiger partial charge in [-0.3, -0.25) is 4.79 Å². The number of carbonyl (C=O) groups excluding carboxylic acids is 1. The molecule has 0 aromatic rings. The Balaban J connectivity index is 2.42. The lowest BCUT2D eigenvalue weighted by atomic mass is 10.2. The van der Waals surface area contributed by atoms with Gasteiger partial charge in [-0.2, -0.15) is 0 Å². The lowest BCUT2D eigenvalue weighted by molar-refractivity contribution is -0.124. The van der Waals surface area contributed by atoms with Gasteiger partial charge in [0.05, 0.1) is 5.54 Å². The van der Waals surface area contributed by atoms with Gasteiger partial charge in [0.25, 0.3) is 0 Å². The Morgan fingerprint density at radius 1 is 1.64 bits per heavy atom. The molecule has 0 aliphatic heterocycles. The van der Waals surface area contributed by atoms with Crippen LogP contribution in [0.15, 0.2) is 12.7 Å². The molecule has 1 aliphatic rings. The van der Waals surface area contributed by atoms with Crippen LogP contribution in [0, 0.1) is 5.92 Å². The first-order valence-corrected chi connectivity index (χ1v) is 4.05. The van der Waals surface area contributed by atoms with Gasteiger partial charge in [-0.25, -0.2) is 0 Å². The molecular formula is C9H15NO. The summed E-state index contributed by atoms with van der Waals surface area (Å²) >= 11 is 0. The van der Waals surface area contributed by atoms with Crippen LogP contribution in [0.5, 0.6) is 0 Å². The summed E-state index contributed by atoms with van der Waals surface area (Å²) in [6.07, 6.45) is 3.94. The van der Waals surface area contributed by atoms with Gasteiger partial charge >= 0.3 is 0 Å². The molecule has 0 aromatic heterocycles. The summed E-state index contributed by atoms with van der Waals surface area (Å²) in [5, 5.41) is 2.96. The van der Waals surface area contributed by atoms with Crippen molar-refractivity contribution in [1.29, 1.82) is 0 Å². The second-order valence-electron chi connectivity index (χ2n) is 3.50. The minimum absolute atomic E-state index is 0.0403. The lowest BCUT2D eigenvalue weighted by Gasteiger charge is -2.13. The minimum Gasteiger partial charge on any atom is -0.347 e. The van der Waals surface area contributed by atoms with E-state index < -0.39 is 0 Å². The van der Waals surface area contributed by atoms with E-state index in [0.717, 1.165) is 12.8 Å². The van der Waals surface area contributed by atoms with Gasteiger partial charge in [0.1, 0.15) is 0 Å². The van der Waals surface area contributed by atoms with Crippen LogP contribution < -0.4 is 5.32 Å². The van der Waals surface area contributed by atoms with Crippen molar-refractivity contribution in [2.24, 2.45) is 5.92 Å². The van der Waals surface area contributed by atoms with Crippen molar-refractivity contribution in [1.82, 2.24) is 5.32 Å². The quantitative estimate of drug-likeness (QED) is 0.611. The summed E-state index contributed by atoms with van der Waals surface area (Å²) in [5.74, 6) is 0.204. The average Bonchev–Trinajstić information content (AvgIpc) is 2.69. The van der Waals surface area contributed by atoms with E-state index in [4.69, 9.17) is 0 Å². The standard InChI is InChI=1S/C9H15NO/c1-4-9(5-6-9)10-8(11)7(2)3/h4,7H,1,5-6H2,2-3H3,(H,10,11). The SMILES string of the molecule is C=CC1(NC(=O)C(C)C)CC1. The molecule has 1 N–H and O–H groups in total. The Morgan fingerprint density at radius 2 is 2.18 bits per heavy atom. The first kappa shape index (κ1) is 8.31. The van der Waals surface area contributed by atoms with E-state index in [0.29, 0.717) is 0 Å². The van der Waals surface area contributed by atoms with Crippen molar-refractivity contribution in [3.8, 4) is 0 Å². The van der Waals surface area contributed by atoms with Crippen LogP contribution >= 0.6 is 0 Å². The molecule has 0 saturated heterocycles. The van der Waals surface area contributed by atoms with Gasteiger partial charge in [0.2, 0.25) is 5.91 Å². The van der Waals surface area contributed by atoms with Gasteiger partial charge in [-0.1, -0.05) is 19.9 Å². The summed E-state index contributed by atoms with van der Waals surface area (Å²) in [7, 11) is 0. The molecule has 0 radical (unpaired) electrons. The van der Waals surface area contributed by atoms with E-state index >= 15 is 0 Å². The molecular weight excluding hydrogens is 138 g/mol. The highest BCUT2D eigenvalue weighted by Crippen LogP contribution is 2.36. The van der Waals surface area contributed by atoms with Gasteiger partial charge < -0.3 is 5.32 Å². The highest BCUT2D eigenvalue weighted by Gasteiger charge is 2.40. The van der Waals surface area contributed by atoms with Gasteiger partial charge in [-0.05, 0) is 12.8 Å². The minimum atomic E-state index is -0.0403. The Hall–Kier alpha value is -0.790. The van der Waals surface area contributed by atoms with Crippen molar-refractivity contribution >= 4 is 5.91 Å². The van der Waals surface area contributed by atoms with Crippen LogP contribution in [0.2, 0.25) is 0 Å². The number of amides is 1. The third-order valence-corrected chi connectivity index (χ3v) is 2.08. The summed E-state index contributed by atoms with van der Waals surface area (Å²) < 4.78 is 0. The van der Waals surface area contributed by atoms with Crippen LogP contribution in [0.3, 0.4) is 0 Å². The van der Waals surface area contributed by atoms with Gasteiger partial charge in [-0.15, -0.1) is 6.58 Å². The molecule has 0 heterocycles. The van der Waals surface area contributed by atoms with Crippen LogP contribution in [0.4, 0.5) is 0 Å². The fourth-order valence-electron chi connectivity index (χ4n) is 0.905. The van der Waals surface area contributed by atoms with Crippen molar-refractivity contribution in [3.05, 3.63) is 12.7 Å². The van der Waals surface area contributed by atoms with E-state index in [1.165, 1.54) is 0 Å². The third kappa shape index (κ3) is 1.82. The maximum absolute atomic E-state index is 11.2. The zero-order valence-electron chi connectivity index (χ0n) is 7.18. The van der Waals surface area contributed by atoms with Gasteiger partial charge in [0, 0.05) is 5.92 Å². The topological polar surface area (TPSA) is 29.1 Å². The predicted molar refractivity (Wildman–Crippen MR) is 45.1 cm³/mol. The molecule has 1 fully saturated rings. The Labute approximate surface area is 67.7 Å². The first-order chi connectivity index (χ1) is 5.09. The van der Waals surface area contributed by atoms with E-state index in [2.05, 4.69) is 11.9 Å². The zero-order valence-corrected chi connectivity index (χ0v) is 7.18. The van der Waals surface area contributed by atoms with E-state index in [9.17, 15) is 4.79 Å². The summed E-state index contributed by atoms with van der Waals surface area (Å²) in [5.41, 5.74) is -0.0403. The fourth-order valence-corrected chi connectivity index (χ4v) is 0.905. The Bertz CT molecular complexity index is 180. The molecule has 62 valence electrons. The maximum atomic E-state index is 11.2. The number of hydrogen-bond donors (Lipinski definition) is 1. The number of carbonyl (C=O) groups is 1. The second kappa shape index (κ2) is 2.68. The van der Waals surface area contributed by atoms with E-state index in [-0.39, 0.29) is 17.4 Å². The summed E-state index contributed by atoms with van der Waals surface area (Å²) in [6.45, 7) is 7.49. The predicted octanol–water partition coefficient (Wildman–Crippen LogP) is 1.48. The molecule has 2 nitrogen and oxygen atoms in total. The van der Waals surface area contributed by atoms with Crippen molar-refractivity contribution in [2.45, 2.75) is 32.2 Å². The summed E-state index contributed by atoms with van der Waals surface area (Å²) in [6, 6.07) is 0.